The van der Waals surface area contributed by atoms with E-state index in [9.17, 15) is 4.79 Å². The molecule has 0 aliphatic rings. The first-order chi connectivity index (χ1) is 9.15. The lowest BCUT2D eigenvalue weighted by atomic mass is 10.0. The predicted octanol–water partition coefficient (Wildman–Crippen LogP) is 2.73. The Kier molecular flexibility index (Phi) is 3.71. The molecule has 0 aliphatic carbocycles. The van der Waals surface area contributed by atoms with E-state index in [0.717, 1.165) is 11.1 Å². The van der Waals surface area contributed by atoms with E-state index in [1.807, 2.05) is 12.1 Å². The number of esters is 1. The number of hydrogen-bond acceptors (Lipinski definition) is 4. The number of benzene rings is 2. The van der Waals surface area contributed by atoms with E-state index in [0.29, 0.717) is 17.0 Å². The molecule has 2 aromatic rings. The molecule has 0 saturated carbocycles. The van der Waals surface area contributed by atoms with Crippen LogP contribution in [0.25, 0.3) is 11.1 Å². The standard InChI is InChI=1S/C15H15NO3/c1-18-14-9-12(16)6-7-13(14)10-4-3-5-11(8-10)15(17)19-2/h3-9H,16H2,1-2H3. The van der Waals surface area contributed by atoms with E-state index in [-0.39, 0.29) is 5.97 Å². The molecule has 0 atom stereocenters. The molecule has 4 nitrogen and oxygen atoms in total. The molecule has 0 amide bonds. The second kappa shape index (κ2) is 5.44. The topological polar surface area (TPSA) is 61.5 Å². The predicted molar refractivity (Wildman–Crippen MR) is 74.2 cm³/mol. The number of carbonyl (C=O) groups is 1. The minimum Gasteiger partial charge on any atom is -0.496 e. The largest absolute Gasteiger partial charge is 0.496 e. The summed E-state index contributed by atoms with van der Waals surface area (Å²) in [4.78, 5) is 11.5. The summed E-state index contributed by atoms with van der Waals surface area (Å²) >= 11 is 0. The summed E-state index contributed by atoms with van der Waals surface area (Å²) in [7, 11) is 2.95. The number of carbonyl (C=O) groups excluding carboxylic acids is 1. The molecule has 19 heavy (non-hydrogen) atoms. The summed E-state index contributed by atoms with van der Waals surface area (Å²) in [6.07, 6.45) is 0. The van der Waals surface area contributed by atoms with Gasteiger partial charge in [-0.2, -0.15) is 0 Å². The summed E-state index contributed by atoms with van der Waals surface area (Å²) in [5, 5.41) is 0. The third-order valence-electron chi connectivity index (χ3n) is 2.82. The van der Waals surface area contributed by atoms with E-state index in [1.54, 1.807) is 37.4 Å². The van der Waals surface area contributed by atoms with E-state index in [1.165, 1.54) is 7.11 Å². The molecular formula is C15H15NO3. The fourth-order valence-corrected chi connectivity index (χ4v) is 1.88. The Hall–Kier alpha value is -2.49. The molecule has 2 rings (SSSR count). The monoisotopic (exact) mass is 257 g/mol. The molecule has 0 saturated heterocycles. The number of nitrogens with two attached hydrogens (primary N) is 1. The highest BCUT2D eigenvalue weighted by Gasteiger charge is 2.10. The second-order valence-electron chi connectivity index (χ2n) is 4.03. The zero-order valence-corrected chi connectivity index (χ0v) is 10.8. The molecule has 0 radical (unpaired) electrons. The van der Waals surface area contributed by atoms with Crippen molar-refractivity contribution in [1.82, 2.24) is 0 Å². The fraction of sp³-hybridized carbons (Fsp3) is 0.133. The summed E-state index contributed by atoms with van der Waals surface area (Å²) < 4.78 is 10.0. The lowest BCUT2D eigenvalue weighted by Gasteiger charge is -2.10. The smallest absolute Gasteiger partial charge is 0.337 e. The van der Waals surface area contributed by atoms with Gasteiger partial charge in [-0.25, -0.2) is 4.79 Å². The minimum atomic E-state index is -0.365. The van der Waals surface area contributed by atoms with Crippen LogP contribution in [-0.2, 0) is 4.74 Å². The van der Waals surface area contributed by atoms with Gasteiger partial charge < -0.3 is 15.2 Å². The molecule has 2 N–H and O–H groups in total. The van der Waals surface area contributed by atoms with Crippen molar-refractivity contribution in [2.75, 3.05) is 20.0 Å². The summed E-state index contributed by atoms with van der Waals surface area (Å²) in [5.41, 5.74) is 8.61. The van der Waals surface area contributed by atoms with Crippen molar-refractivity contribution in [3.05, 3.63) is 48.0 Å². The van der Waals surface area contributed by atoms with E-state index in [2.05, 4.69) is 0 Å². The van der Waals surface area contributed by atoms with Gasteiger partial charge in [-0.1, -0.05) is 12.1 Å². The lowest BCUT2D eigenvalue weighted by molar-refractivity contribution is 0.0601. The summed E-state index contributed by atoms with van der Waals surface area (Å²) in [6.45, 7) is 0. The maximum absolute atomic E-state index is 11.5. The van der Waals surface area contributed by atoms with Crippen molar-refractivity contribution < 1.29 is 14.3 Å². The minimum absolute atomic E-state index is 0.365. The van der Waals surface area contributed by atoms with E-state index < -0.39 is 0 Å². The van der Waals surface area contributed by atoms with Crippen molar-refractivity contribution in [2.45, 2.75) is 0 Å². The van der Waals surface area contributed by atoms with Gasteiger partial charge in [0.1, 0.15) is 5.75 Å². The van der Waals surface area contributed by atoms with Crippen LogP contribution in [0.3, 0.4) is 0 Å². The highest BCUT2D eigenvalue weighted by atomic mass is 16.5. The van der Waals surface area contributed by atoms with Crippen LogP contribution >= 0.6 is 0 Å². The average molecular weight is 257 g/mol. The highest BCUT2D eigenvalue weighted by molar-refractivity contribution is 5.91. The van der Waals surface area contributed by atoms with E-state index >= 15 is 0 Å². The van der Waals surface area contributed by atoms with Gasteiger partial charge in [0.2, 0.25) is 0 Å². The number of methoxy groups -OCH3 is 2. The highest BCUT2D eigenvalue weighted by Crippen LogP contribution is 2.32. The zero-order valence-electron chi connectivity index (χ0n) is 10.8. The number of nitrogen functional groups attached to an aromatic ring is 1. The van der Waals surface area contributed by atoms with Crippen molar-refractivity contribution >= 4 is 11.7 Å². The van der Waals surface area contributed by atoms with Crippen molar-refractivity contribution in [2.24, 2.45) is 0 Å². The third-order valence-corrected chi connectivity index (χ3v) is 2.82. The molecule has 0 spiro atoms. The van der Waals surface area contributed by atoms with Crippen LogP contribution in [-0.4, -0.2) is 20.2 Å². The second-order valence-corrected chi connectivity index (χ2v) is 4.03. The maximum Gasteiger partial charge on any atom is 0.337 e. The Morgan fingerprint density at radius 1 is 1.11 bits per heavy atom. The number of rotatable bonds is 3. The summed E-state index contributed by atoms with van der Waals surface area (Å²) in [5.74, 6) is 0.304. The quantitative estimate of drug-likeness (QED) is 0.678. The third kappa shape index (κ3) is 2.68. The molecule has 2 aromatic carbocycles. The van der Waals surface area contributed by atoms with Gasteiger partial charge in [0.15, 0.2) is 0 Å². The Balaban J connectivity index is 2.50. The summed E-state index contributed by atoms with van der Waals surface area (Å²) in [6, 6.07) is 12.6. The maximum atomic E-state index is 11.5. The SMILES string of the molecule is COC(=O)c1cccc(-c2ccc(N)cc2OC)c1. The van der Waals surface area contributed by atoms with Crippen LogP contribution < -0.4 is 10.5 Å². The van der Waals surface area contributed by atoms with E-state index in [4.69, 9.17) is 15.2 Å². The Labute approximate surface area is 111 Å². The molecule has 0 heterocycles. The molecule has 0 aromatic heterocycles. The average Bonchev–Trinajstić information content (AvgIpc) is 2.46. The molecule has 0 bridgehead atoms. The van der Waals surface area contributed by atoms with Crippen LogP contribution in [0.4, 0.5) is 5.69 Å². The van der Waals surface area contributed by atoms with Crippen LogP contribution in [0.2, 0.25) is 0 Å². The van der Waals surface area contributed by atoms with Gasteiger partial charge in [0, 0.05) is 17.3 Å². The Morgan fingerprint density at radius 2 is 1.89 bits per heavy atom. The van der Waals surface area contributed by atoms with Crippen molar-refractivity contribution in [3.8, 4) is 16.9 Å². The van der Waals surface area contributed by atoms with Crippen LogP contribution in [0.15, 0.2) is 42.5 Å². The van der Waals surface area contributed by atoms with Gasteiger partial charge in [-0.05, 0) is 29.8 Å². The normalized spacial score (nSPS) is 10.0. The Bertz CT molecular complexity index is 608. The fourth-order valence-electron chi connectivity index (χ4n) is 1.88. The van der Waals surface area contributed by atoms with Gasteiger partial charge in [0.05, 0.1) is 19.8 Å². The molecule has 0 unspecified atom stereocenters. The van der Waals surface area contributed by atoms with Gasteiger partial charge in [0.25, 0.3) is 0 Å². The Morgan fingerprint density at radius 3 is 2.58 bits per heavy atom. The van der Waals surface area contributed by atoms with Crippen molar-refractivity contribution in [1.29, 1.82) is 0 Å². The van der Waals surface area contributed by atoms with Crippen LogP contribution in [0.5, 0.6) is 5.75 Å². The first kappa shape index (κ1) is 13.0. The molecular weight excluding hydrogens is 242 g/mol. The lowest BCUT2D eigenvalue weighted by Crippen LogP contribution is -2.01. The van der Waals surface area contributed by atoms with Crippen LogP contribution in [0, 0.1) is 0 Å². The van der Waals surface area contributed by atoms with Crippen molar-refractivity contribution in [3.63, 3.8) is 0 Å². The first-order valence-electron chi connectivity index (χ1n) is 5.78. The molecule has 4 heteroatoms. The molecule has 98 valence electrons. The first-order valence-corrected chi connectivity index (χ1v) is 5.78. The molecule has 0 fully saturated rings. The number of anilines is 1. The molecule has 0 aliphatic heterocycles. The van der Waals surface area contributed by atoms with Gasteiger partial charge in [-0.15, -0.1) is 0 Å². The van der Waals surface area contributed by atoms with Crippen LogP contribution in [0.1, 0.15) is 10.4 Å². The van der Waals surface area contributed by atoms with Gasteiger partial charge in [-0.3, -0.25) is 0 Å². The number of ether oxygens (including phenoxy) is 2. The van der Waals surface area contributed by atoms with Gasteiger partial charge >= 0.3 is 5.97 Å². The number of hydrogen-bond donors (Lipinski definition) is 1. The zero-order chi connectivity index (χ0) is 13.8.